The van der Waals surface area contributed by atoms with Gasteiger partial charge in [0, 0.05) is 17.8 Å². The Morgan fingerprint density at radius 3 is 2.50 bits per heavy atom. The van der Waals surface area contributed by atoms with Gasteiger partial charge < -0.3 is 14.7 Å². The normalized spacial score (nSPS) is 14.1. The average molecular weight is 522 g/mol. The van der Waals surface area contributed by atoms with E-state index >= 15 is 0 Å². The predicted octanol–water partition coefficient (Wildman–Crippen LogP) is 5.92. The van der Waals surface area contributed by atoms with Crippen molar-refractivity contribution < 1.29 is 28.2 Å². The van der Waals surface area contributed by atoms with Gasteiger partial charge in [0.15, 0.2) is 0 Å². The van der Waals surface area contributed by atoms with Crippen molar-refractivity contribution in [2.75, 3.05) is 13.7 Å². The molecule has 1 aromatic carbocycles. The number of carbonyl (C=O) groups is 2. The van der Waals surface area contributed by atoms with E-state index in [4.69, 9.17) is 4.74 Å². The number of aryl methyl sites for hydroxylation is 2. The molecule has 5 nitrogen and oxygen atoms in total. The van der Waals surface area contributed by atoms with Crippen LogP contribution in [0, 0.1) is 5.92 Å². The summed E-state index contributed by atoms with van der Waals surface area (Å²) in [5.74, 6) is -0.413. The van der Waals surface area contributed by atoms with E-state index in [1.54, 1.807) is 12.1 Å². The van der Waals surface area contributed by atoms with Crippen LogP contribution in [-0.2, 0) is 22.4 Å². The third-order valence-corrected chi connectivity index (χ3v) is 7.33. The molecule has 2 aromatic rings. The van der Waals surface area contributed by atoms with Crippen molar-refractivity contribution in [1.29, 1.82) is 0 Å². The Morgan fingerprint density at radius 1 is 1.08 bits per heavy atom. The lowest BCUT2D eigenvalue weighted by molar-refractivity contribution is -0.120. The molecule has 0 aliphatic heterocycles. The van der Waals surface area contributed by atoms with E-state index in [-0.39, 0.29) is 5.92 Å². The minimum Gasteiger partial charge on any atom is -0.465 e. The van der Waals surface area contributed by atoms with Crippen LogP contribution in [0.3, 0.4) is 0 Å². The number of hydrogen-bond acceptors (Lipinski definition) is 5. The maximum absolute atomic E-state index is 13.2. The zero-order valence-electron chi connectivity index (χ0n) is 21.0. The third kappa shape index (κ3) is 10.6. The standard InChI is InChI=1S/C28H37F2NO4S/c1-21(9-6-7-12-22-10-4-3-5-11-22)25(33)16-14-23(19-27(29)30)31(20-32)18-8-13-24-15-17-26(36-24)28(34)35-2/h3-5,10-11,14-17,20-21,23,25,27,33H,6-9,12-13,18-19H2,1-2H3. The number of esters is 1. The maximum Gasteiger partial charge on any atom is 0.348 e. The molecule has 1 heterocycles. The van der Waals surface area contributed by atoms with E-state index in [2.05, 4.69) is 12.1 Å². The molecular formula is C28H37F2NO4S. The van der Waals surface area contributed by atoms with Crippen molar-refractivity contribution in [2.24, 2.45) is 5.92 Å². The van der Waals surface area contributed by atoms with Gasteiger partial charge in [0.2, 0.25) is 12.8 Å². The number of thiophene rings is 1. The lowest BCUT2D eigenvalue weighted by Gasteiger charge is -2.26. The first-order valence-corrected chi connectivity index (χ1v) is 13.2. The molecule has 8 heteroatoms. The molecule has 0 saturated heterocycles. The lowest BCUT2D eigenvalue weighted by atomic mass is 9.95. The number of rotatable bonds is 17. The Kier molecular flexibility index (Phi) is 13.4. The number of alkyl halides is 2. The van der Waals surface area contributed by atoms with E-state index in [0.717, 1.165) is 30.6 Å². The second-order valence-electron chi connectivity index (χ2n) is 8.98. The molecule has 0 aliphatic rings. The lowest BCUT2D eigenvalue weighted by Crippen LogP contribution is -2.35. The number of nitrogens with zero attached hydrogens (tertiary/aromatic N) is 1. The third-order valence-electron chi connectivity index (χ3n) is 6.20. The number of methoxy groups -OCH3 is 1. The molecule has 1 amide bonds. The van der Waals surface area contributed by atoms with Crippen LogP contribution < -0.4 is 0 Å². The molecule has 3 atom stereocenters. The summed E-state index contributed by atoms with van der Waals surface area (Å²) >= 11 is 1.32. The van der Waals surface area contributed by atoms with Crippen molar-refractivity contribution in [3.63, 3.8) is 0 Å². The van der Waals surface area contributed by atoms with Gasteiger partial charge in [-0.3, -0.25) is 4.79 Å². The van der Waals surface area contributed by atoms with Crippen molar-refractivity contribution >= 4 is 23.7 Å². The average Bonchev–Trinajstić information content (AvgIpc) is 3.35. The summed E-state index contributed by atoms with van der Waals surface area (Å²) in [6.07, 6.45) is 4.80. The highest BCUT2D eigenvalue weighted by Gasteiger charge is 2.20. The predicted molar refractivity (Wildman–Crippen MR) is 139 cm³/mol. The van der Waals surface area contributed by atoms with Crippen LogP contribution in [0.5, 0.6) is 0 Å². The Bertz CT molecular complexity index is 935. The van der Waals surface area contributed by atoms with Crippen molar-refractivity contribution in [3.8, 4) is 0 Å². The van der Waals surface area contributed by atoms with Crippen LogP contribution in [0.15, 0.2) is 54.6 Å². The van der Waals surface area contributed by atoms with Crippen LogP contribution in [0.2, 0.25) is 0 Å². The fourth-order valence-electron chi connectivity index (χ4n) is 4.00. The number of unbranched alkanes of at least 4 members (excludes halogenated alkanes) is 1. The van der Waals surface area contributed by atoms with Gasteiger partial charge in [0.05, 0.1) is 19.3 Å². The first-order valence-electron chi connectivity index (χ1n) is 12.4. The highest BCUT2D eigenvalue weighted by Crippen LogP contribution is 2.21. The molecule has 2 rings (SSSR count). The van der Waals surface area contributed by atoms with E-state index in [1.165, 1.54) is 35.0 Å². The first kappa shape index (κ1) is 29.6. The fraction of sp³-hybridized carbons (Fsp3) is 0.500. The number of aliphatic hydroxyl groups is 1. The minimum absolute atomic E-state index is 0.0169. The smallest absolute Gasteiger partial charge is 0.348 e. The summed E-state index contributed by atoms with van der Waals surface area (Å²) in [6, 6.07) is 13.0. The van der Waals surface area contributed by atoms with E-state index in [9.17, 15) is 23.5 Å². The van der Waals surface area contributed by atoms with Crippen molar-refractivity contribution in [2.45, 2.75) is 70.4 Å². The van der Waals surface area contributed by atoms with Crippen molar-refractivity contribution in [1.82, 2.24) is 4.90 Å². The molecule has 1 aromatic heterocycles. The summed E-state index contributed by atoms with van der Waals surface area (Å²) in [4.78, 5) is 26.1. The topological polar surface area (TPSA) is 66.8 Å². The van der Waals surface area contributed by atoms with E-state index in [0.29, 0.717) is 30.7 Å². The van der Waals surface area contributed by atoms with Gasteiger partial charge in [-0.15, -0.1) is 11.3 Å². The largest absolute Gasteiger partial charge is 0.465 e. The second kappa shape index (κ2) is 16.2. The number of ether oxygens (including phenoxy) is 1. The molecule has 0 bridgehead atoms. The van der Waals surface area contributed by atoms with E-state index in [1.807, 2.05) is 31.2 Å². The van der Waals surface area contributed by atoms with E-state index < -0.39 is 31.0 Å². The van der Waals surface area contributed by atoms with Gasteiger partial charge in [0.25, 0.3) is 0 Å². The Morgan fingerprint density at radius 2 is 1.83 bits per heavy atom. The molecule has 0 spiro atoms. The Hall–Kier alpha value is -2.58. The minimum atomic E-state index is -2.57. The van der Waals surface area contributed by atoms with Gasteiger partial charge in [-0.2, -0.15) is 0 Å². The zero-order valence-corrected chi connectivity index (χ0v) is 21.8. The highest BCUT2D eigenvalue weighted by molar-refractivity contribution is 7.13. The molecule has 0 saturated carbocycles. The van der Waals surface area contributed by atoms with Gasteiger partial charge in [-0.1, -0.05) is 55.8 Å². The number of aliphatic hydroxyl groups excluding tert-OH is 1. The van der Waals surface area contributed by atoms with Crippen molar-refractivity contribution in [3.05, 3.63) is 69.9 Å². The molecule has 0 radical (unpaired) electrons. The SMILES string of the molecule is COC(=O)c1ccc(CCCN(C=O)C(C=CC(O)C(C)CCCCc2ccccc2)CC(F)F)s1. The molecule has 0 aliphatic carbocycles. The Labute approximate surface area is 216 Å². The number of hydrogen-bond donors (Lipinski definition) is 1. The first-order chi connectivity index (χ1) is 17.3. The molecule has 1 N–H and O–H groups in total. The van der Waals surface area contributed by atoms with Crippen LogP contribution in [0.1, 0.15) is 59.1 Å². The summed E-state index contributed by atoms with van der Waals surface area (Å²) in [7, 11) is 1.32. The van der Waals surface area contributed by atoms with Crippen LogP contribution in [0.4, 0.5) is 8.78 Å². The monoisotopic (exact) mass is 521 g/mol. The number of carbonyl (C=O) groups excluding carboxylic acids is 2. The van der Waals surface area contributed by atoms with Crippen LogP contribution in [0.25, 0.3) is 0 Å². The fourth-order valence-corrected chi connectivity index (χ4v) is 4.97. The molecule has 36 heavy (non-hydrogen) atoms. The summed E-state index contributed by atoms with van der Waals surface area (Å²) in [6.45, 7) is 2.24. The summed E-state index contributed by atoms with van der Waals surface area (Å²) < 4.78 is 31.2. The summed E-state index contributed by atoms with van der Waals surface area (Å²) in [5, 5.41) is 10.5. The quantitative estimate of drug-likeness (QED) is 0.122. The number of benzene rings is 1. The van der Waals surface area contributed by atoms with Gasteiger partial charge >= 0.3 is 5.97 Å². The molecule has 198 valence electrons. The zero-order chi connectivity index (χ0) is 26.3. The number of halogens is 2. The van der Waals surface area contributed by atoms with Gasteiger partial charge in [0.1, 0.15) is 4.88 Å². The Balaban J connectivity index is 1.84. The molecular weight excluding hydrogens is 484 g/mol. The summed E-state index contributed by atoms with van der Waals surface area (Å²) in [5.41, 5.74) is 1.29. The highest BCUT2D eigenvalue weighted by atomic mass is 32.1. The molecule has 0 fully saturated rings. The second-order valence-corrected chi connectivity index (χ2v) is 10.2. The number of amides is 1. The maximum atomic E-state index is 13.2. The van der Waals surface area contributed by atoms with Crippen LogP contribution >= 0.6 is 11.3 Å². The van der Waals surface area contributed by atoms with Gasteiger partial charge in [-0.25, -0.2) is 13.6 Å². The van der Waals surface area contributed by atoms with Gasteiger partial charge in [-0.05, 0) is 55.7 Å². The molecule has 3 unspecified atom stereocenters. The van der Waals surface area contributed by atoms with Crippen LogP contribution in [-0.4, -0.2) is 54.6 Å².